The van der Waals surface area contributed by atoms with Crippen LogP contribution in [0.25, 0.3) is 0 Å². The number of rotatable bonds is 7. The van der Waals surface area contributed by atoms with E-state index in [0.717, 1.165) is 18.8 Å². The Morgan fingerprint density at radius 2 is 1.75 bits per heavy atom. The molecule has 1 unspecified atom stereocenters. The van der Waals surface area contributed by atoms with Crippen molar-refractivity contribution in [3.8, 4) is 5.75 Å². The molecule has 1 atom stereocenters. The van der Waals surface area contributed by atoms with E-state index >= 15 is 0 Å². The summed E-state index contributed by atoms with van der Waals surface area (Å²) < 4.78 is 0. The Labute approximate surface area is 190 Å². The number of aromatic hydroxyl groups is 1. The van der Waals surface area contributed by atoms with E-state index in [2.05, 4.69) is 18.7 Å². The van der Waals surface area contributed by atoms with Crippen LogP contribution in [0.15, 0.2) is 77.4 Å². The number of carbonyl (C=O) groups is 2. The lowest BCUT2D eigenvalue weighted by Gasteiger charge is -2.28. The smallest absolute Gasteiger partial charge is 0.294 e. The normalized spacial score (nSPS) is 16.0. The summed E-state index contributed by atoms with van der Waals surface area (Å²) in [6.07, 6.45) is 0. The van der Waals surface area contributed by atoms with Gasteiger partial charge in [0.05, 0.1) is 16.5 Å². The van der Waals surface area contributed by atoms with E-state index in [1.54, 1.807) is 29.6 Å². The first-order valence-corrected chi connectivity index (χ1v) is 11.3. The second-order valence-corrected chi connectivity index (χ2v) is 8.38. The summed E-state index contributed by atoms with van der Waals surface area (Å²) in [5, 5.41) is 22.6. The van der Waals surface area contributed by atoms with Crippen LogP contribution in [0.4, 0.5) is 11.4 Å². The third-order valence-corrected chi connectivity index (χ3v) is 6.51. The summed E-state index contributed by atoms with van der Waals surface area (Å²) in [5.41, 5.74) is 2.12. The lowest BCUT2D eigenvalue weighted by Crippen LogP contribution is -2.31. The van der Waals surface area contributed by atoms with Crippen LogP contribution in [-0.4, -0.2) is 35.0 Å². The van der Waals surface area contributed by atoms with Gasteiger partial charge in [-0.1, -0.05) is 18.2 Å². The van der Waals surface area contributed by atoms with Gasteiger partial charge in [-0.05, 0) is 67.3 Å². The Balaban J connectivity index is 1.81. The number of nitrogens with zero attached hydrogens (tertiary/aromatic N) is 2. The Kier molecular flexibility index (Phi) is 6.01. The molecule has 0 spiro atoms. The van der Waals surface area contributed by atoms with Crippen molar-refractivity contribution in [2.75, 3.05) is 22.9 Å². The second kappa shape index (κ2) is 8.88. The minimum Gasteiger partial charge on any atom is -0.508 e. The maximum Gasteiger partial charge on any atom is 0.294 e. The third-order valence-electron chi connectivity index (χ3n) is 5.64. The molecule has 0 saturated carbocycles. The number of amides is 1. The number of ketones is 1. The highest BCUT2D eigenvalue weighted by atomic mass is 32.1. The molecule has 164 valence electrons. The predicted octanol–water partition coefficient (Wildman–Crippen LogP) is 5.08. The van der Waals surface area contributed by atoms with Crippen LogP contribution in [0, 0.1) is 0 Å². The zero-order chi connectivity index (χ0) is 22.8. The molecule has 0 bridgehead atoms. The minimum atomic E-state index is -0.858. The molecule has 1 aliphatic heterocycles. The van der Waals surface area contributed by atoms with Crippen molar-refractivity contribution in [3.63, 3.8) is 0 Å². The van der Waals surface area contributed by atoms with Crippen molar-refractivity contribution in [1.82, 2.24) is 0 Å². The van der Waals surface area contributed by atoms with Crippen LogP contribution >= 0.6 is 11.3 Å². The maximum absolute atomic E-state index is 13.3. The van der Waals surface area contributed by atoms with Crippen molar-refractivity contribution in [1.29, 1.82) is 0 Å². The fraction of sp³-hybridized carbons (Fsp3) is 0.200. The maximum atomic E-state index is 13.3. The van der Waals surface area contributed by atoms with Crippen molar-refractivity contribution < 1.29 is 19.8 Å². The molecule has 3 aromatic rings. The van der Waals surface area contributed by atoms with E-state index in [1.165, 1.54) is 28.4 Å². The zero-order valence-electron chi connectivity index (χ0n) is 17.9. The van der Waals surface area contributed by atoms with Crippen molar-refractivity contribution in [3.05, 3.63) is 87.8 Å². The average molecular weight is 449 g/mol. The van der Waals surface area contributed by atoms with Crippen LogP contribution in [0.2, 0.25) is 0 Å². The first-order chi connectivity index (χ1) is 15.5. The van der Waals surface area contributed by atoms with Gasteiger partial charge in [-0.3, -0.25) is 14.5 Å². The molecular weight excluding hydrogens is 424 g/mol. The number of carbonyl (C=O) groups excluding carboxylic acids is 2. The summed E-state index contributed by atoms with van der Waals surface area (Å²) >= 11 is 1.25. The van der Waals surface area contributed by atoms with Crippen LogP contribution < -0.4 is 9.80 Å². The number of aliphatic hydroxyl groups excluding tert-OH is 1. The Hall–Kier alpha value is -3.58. The SMILES string of the molecule is CCN(CC)c1ccc(N2C(=O)C(O)=C(C(=O)c3cccs3)C2c2cccc(O)c2)cc1. The molecule has 6 nitrogen and oxygen atoms in total. The van der Waals surface area contributed by atoms with Gasteiger partial charge in [0.1, 0.15) is 5.75 Å². The summed E-state index contributed by atoms with van der Waals surface area (Å²) in [6.45, 7) is 5.85. The Morgan fingerprint density at radius 3 is 2.34 bits per heavy atom. The molecule has 7 heteroatoms. The standard InChI is InChI=1S/C25H24N2O4S/c1-3-26(4-2)17-10-12-18(13-11-17)27-22(16-7-5-8-19(28)15-16)21(24(30)25(27)31)23(29)20-9-6-14-32-20/h5-15,22,28,30H,3-4H2,1-2H3. The summed E-state index contributed by atoms with van der Waals surface area (Å²) in [6, 6.07) is 16.4. The van der Waals surface area contributed by atoms with E-state index in [4.69, 9.17) is 0 Å². The number of phenolic OH excluding ortho intramolecular Hbond substituents is 1. The molecule has 0 fully saturated rings. The van der Waals surface area contributed by atoms with Gasteiger partial charge in [0, 0.05) is 24.5 Å². The molecule has 32 heavy (non-hydrogen) atoms. The Bertz CT molecular complexity index is 1160. The topological polar surface area (TPSA) is 81.1 Å². The molecule has 0 saturated heterocycles. The molecule has 2 N–H and O–H groups in total. The number of hydrogen-bond donors (Lipinski definition) is 2. The third kappa shape index (κ3) is 3.76. The van der Waals surface area contributed by atoms with Gasteiger partial charge in [0.2, 0.25) is 5.78 Å². The van der Waals surface area contributed by atoms with Gasteiger partial charge < -0.3 is 15.1 Å². The van der Waals surface area contributed by atoms with E-state index < -0.39 is 23.5 Å². The molecule has 1 aliphatic rings. The zero-order valence-corrected chi connectivity index (χ0v) is 18.7. The highest BCUT2D eigenvalue weighted by molar-refractivity contribution is 7.12. The highest BCUT2D eigenvalue weighted by Gasteiger charge is 2.44. The number of anilines is 2. The molecular formula is C25H24N2O4S. The molecule has 2 aromatic carbocycles. The summed E-state index contributed by atoms with van der Waals surface area (Å²) in [7, 11) is 0. The van der Waals surface area contributed by atoms with Gasteiger partial charge in [-0.2, -0.15) is 0 Å². The minimum absolute atomic E-state index is 0.0101. The number of thiophene rings is 1. The van der Waals surface area contributed by atoms with Crippen molar-refractivity contribution >= 4 is 34.4 Å². The number of aliphatic hydroxyl groups is 1. The quantitative estimate of drug-likeness (QED) is 0.493. The fourth-order valence-electron chi connectivity index (χ4n) is 4.07. The van der Waals surface area contributed by atoms with Gasteiger partial charge in [0.15, 0.2) is 5.76 Å². The van der Waals surface area contributed by atoms with E-state index in [9.17, 15) is 19.8 Å². The largest absolute Gasteiger partial charge is 0.508 e. The molecule has 0 radical (unpaired) electrons. The number of Topliss-reactive ketones (excluding diaryl/α,β-unsaturated/α-hetero) is 1. The number of hydrogen-bond acceptors (Lipinski definition) is 6. The number of benzene rings is 2. The van der Waals surface area contributed by atoms with Gasteiger partial charge in [-0.25, -0.2) is 0 Å². The van der Waals surface area contributed by atoms with Crippen LogP contribution in [0.3, 0.4) is 0 Å². The highest BCUT2D eigenvalue weighted by Crippen LogP contribution is 2.43. The van der Waals surface area contributed by atoms with Crippen molar-refractivity contribution in [2.45, 2.75) is 19.9 Å². The first-order valence-electron chi connectivity index (χ1n) is 10.4. The van der Waals surface area contributed by atoms with E-state index in [0.29, 0.717) is 16.1 Å². The molecule has 0 aliphatic carbocycles. The summed E-state index contributed by atoms with van der Waals surface area (Å²) in [5.74, 6) is -1.60. The van der Waals surface area contributed by atoms with Crippen LogP contribution in [0.1, 0.15) is 35.1 Å². The van der Waals surface area contributed by atoms with Crippen LogP contribution in [0.5, 0.6) is 5.75 Å². The predicted molar refractivity (Wildman–Crippen MR) is 127 cm³/mol. The lowest BCUT2D eigenvalue weighted by molar-refractivity contribution is -0.117. The van der Waals surface area contributed by atoms with E-state index in [1.807, 2.05) is 24.3 Å². The summed E-state index contributed by atoms with van der Waals surface area (Å²) in [4.78, 5) is 30.5. The van der Waals surface area contributed by atoms with Crippen molar-refractivity contribution in [2.24, 2.45) is 0 Å². The molecule has 1 aromatic heterocycles. The van der Waals surface area contributed by atoms with E-state index in [-0.39, 0.29) is 11.3 Å². The monoisotopic (exact) mass is 448 g/mol. The lowest BCUT2D eigenvalue weighted by atomic mass is 9.95. The molecule has 4 rings (SSSR count). The molecule has 1 amide bonds. The van der Waals surface area contributed by atoms with Crippen LogP contribution in [-0.2, 0) is 4.79 Å². The van der Waals surface area contributed by atoms with Gasteiger partial charge >= 0.3 is 0 Å². The number of phenols is 1. The second-order valence-electron chi connectivity index (χ2n) is 7.43. The fourth-order valence-corrected chi connectivity index (χ4v) is 4.74. The Morgan fingerprint density at radius 1 is 1.03 bits per heavy atom. The first kappa shape index (κ1) is 21.6. The average Bonchev–Trinajstić information content (AvgIpc) is 3.42. The van der Waals surface area contributed by atoms with Gasteiger partial charge in [-0.15, -0.1) is 11.3 Å². The van der Waals surface area contributed by atoms with Gasteiger partial charge in [0.25, 0.3) is 5.91 Å². The molecule has 2 heterocycles.